The molecule has 4 heteroatoms. The van der Waals surface area contributed by atoms with E-state index in [1.54, 1.807) is 17.5 Å². The average Bonchev–Trinajstić information content (AvgIpc) is 2.74. The smallest absolute Gasteiger partial charge is 0.0664 e. The Balaban J connectivity index is 2.41. The summed E-state index contributed by atoms with van der Waals surface area (Å²) in [5, 5.41) is 2.71. The number of pyridine rings is 1. The minimum Gasteiger partial charge on any atom is -0.320 e. The van der Waals surface area contributed by atoms with Gasteiger partial charge in [-0.05, 0) is 35.1 Å². The molecule has 2 rings (SSSR count). The molecule has 0 fully saturated rings. The zero-order valence-corrected chi connectivity index (χ0v) is 10.6. The summed E-state index contributed by atoms with van der Waals surface area (Å²) in [7, 11) is 0. The quantitative estimate of drug-likeness (QED) is 0.909. The predicted octanol–water partition coefficient (Wildman–Crippen LogP) is 3.41. The van der Waals surface area contributed by atoms with Crippen LogP contribution in [0.3, 0.4) is 0 Å². The van der Waals surface area contributed by atoms with Crippen LogP contribution in [0.15, 0.2) is 29.9 Å². The molecule has 0 aliphatic rings. The zero-order valence-electron chi connectivity index (χ0n) is 8.98. The van der Waals surface area contributed by atoms with E-state index < -0.39 is 0 Å². The lowest BCUT2D eigenvalue weighted by Gasteiger charge is -2.14. The van der Waals surface area contributed by atoms with Gasteiger partial charge in [0.1, 0.15) is 0 Å². The van der Waals surface area contributed by atoms with Gasteiger partial charge in [-0.2, -0.15) is 0 Å². The molecule has 0 aliphatic carbocycles. The van der Waals surface area contributed by atoms with E-state index in [2.05, 4.69) is 11.9 Å². The fourth-order valence-corrected chi connectivity index (χ4v) is 2.90. The van der Waals surface area contributed by atoms with Crippen molar-refractivity contribution in [2.24, 2.45) is 5.73 Å². The highest BCUT2D eigenvalue weighted by atomic mass is 35.5. The van der Waals surface area contributed by atoms with Gasteiger partial charge in [0.05, 0.1) is 11.1 Å². The molecule has 1 atom stereocenters. The first-order chi connectivity index (χ1) is 7.74. The number of hydrogen-bond donors (Lipinski definition) is 1. The summed E-state index contributed by atoms with van der Waals surface area (Å²) in [4.78, 5) is 5.13. The monoisotopic (exact) mass is 252 g/mol. The largest absolute Gasteiger partial charge is 0.320 e. The molecule has 0 bridgehead atoms. The van der Waals surface area contributed by atoms with Crippen molar-refractivity contribution >= 4 is 22.9 Å². The number of halogens is 1. The van der Waals surface area contributed by atoms with Crippen LogP contribution in [0.25, 0.3) is 0 Å². The first-order valence-electron chi connectivity index (χ1n) is 5.15. The molecule has 2 nitrogen and oxygen atoms in total. The van der Waals surface area contributed by atoms with Gasteiger partial charge in [0.15, 0.2) is 0 Å². The molecule has 16 heavy (non-hydrogen) atoms. The van der Waals surface area contributed by atoms with Crippen LogP contribution in [0.2, 0.25) is 5.02 Å². The van der Waals surface area contributed by atoms with E-state index in [9.17, 15) is 0 Å². The number of nitrogens with two attached hydrogens (primary N) is 1. The summed E-state index contributed by atoms with van der Waals surface area (Å²) in [5.74, 6) is 0. The molecule has 1 unspecified atom stereocenters. The van der Waals surface area contributed by atoms with Crippen LogP contribution in [0.5, 0.6) is 0 Å². The zero-order chi connectivity index (χ0) is 11.5. The predicted molar refractivity (Wildman–Crippen MR) is 69.0 cm³/mol. The molecule has 0 radical (unpaired) electrons. The Hall–Kier alpha value is -0.900. The van der Waals surface area contributed by atoms with Gasteiger partial charge in [0.2, 0.25) is 0 Å². The molecule has 0 aliphatic heterocycles. The normalized spacial score (nSPS) is 12.7. The summed E-state index contributed by atoms with van der Waals surface area (Å²) < 4.78 is 0. The summed E-state index contributed by atoms with van der Waals surface area (Å²) in [6.45, 7) is 2.10. The van der Waals surface area contributed by atoms with Crippen LogP contribution in [-0.2, 0) is 6.42 Å². The van der Waals surface area contributed by atoms with Gasteiger partial charge in [0.25, 0.3) is 0 Å². The molecule has 2 N–H and O–H groups in total. The van der Waals surface area contributed by atoms with Crippen molar-refractivity contribution in [3.8, 4) is 0 Å². The van der Waals surface area contributed by atoms with Crippen LogP contribution in [0.4, 0.5) is 0 Å². The van der Waals surface area contributed by atoms with Gasteiger partial charge in [-0.1, -0.05) is 18.5 Å². The lowest BCUT2D eigenvalue weighted by molar-refractivity contribution is 0.861. The lowest BCUT2D eigenvalue weighted by atomic mass is 10.0. The van der Waals surface area contributed by atoms with E-state index in [1.165, 1.54) is 5.56 Å². The maximum Gasteiger partial charge on any atom is 0.0664 e. The molecule has 0 amide bonds. The SMILES string of the molecule is CCc1cnccc1C(N)c1sccc1Cl. The maximum absolute atomic E-state index is 6.24. The Morgan fingerprint density at radius 2 is 2.31 bits per heavy atom. The molecular weight excluding hydrogens is 240 g/mol. The van der Waals surface area contributed by atoms with Gasteiger partial charge in [-0.15, -0.1) is 11.3 Å². The van der Waals surface area contributed by atoms with Crippen molar-refractivity contribution in [1.82, 2.24) is 4.98 Å². The summed E-state index contributed by atoms with van der Waals surface area (Å²) >= 11 is 7.69. The lowest BCUT2D eigenvalue weighted by Crippen LogP contribution is -2.13. The first-order valence-corrected chi connectivity index (χ1v) is 6.41. The van der Waals surface area contributed by atoms with Crippen LogP contribution >= 0.6 is 22.9 Å². The van der Waals surface area contributed by atoms with Crippen molar-refractivity contribution in [2.75, 3.05) is 0 Å². The van der Waals surface area contributed by atoms with Crippen LogP contribution in [0.1, 0.15) is 29.0 Å². The molecule has 0 saturated carbocycles. The molecule has 2 heterocycles. The second-order valence-electron chi connectivity index (χ2n) is 3.54. The summed E-state index contributed by atoms with van der Waals surface area (Å²) in [5.41, 5.74) is 8.53. The highest BCUT2D eigenvalue weighted by molar-refractivity contribution is 7.10. The average molecular weight is 253 g/mol. The Bertz CT molecular complexity index is 481. The van der Waals surface area contributed by atoms with E-state index in [4.69, 9.17) is 17.3 Å². The Kier molecular flexibility index (Phi) is 3.59. The van der Waals surface area contributed by atoms with Gasteiger partial charge in [-0.25, -0.2) is 0 Å². The van der Waals surface area contributed by atoms with Gasteiger partial charge < -0.3 is 5.73 Å². The van der Waals surface area contributed by atoms with E-state index in [-0.39, 0.29) is 6.04 Å². The Labute approximate surface area is 104 Å². The van der Waals surface area contributed by atoms with E-state index in [1.807, 2.05) is 23.7 Å². The van der Waals surface area contributed by atoms with Crippen molar-refractivity contribution in [2.45, 2.75) is 19.4 Å². The molecule has 0 aromatic carbocycles. The molecule has 0 saturated heterocycles. The number of aromatic nitrogens is 1. The third kappa shape index (κ3) is 2.12. The number of rotatable bonds is 3. The van der Waals surface area contributed by atoms with E-state index >= 15 is 0 Å². The van der Waals surface area contributed by atoms with Crippen molar-refractivity contribution in [3.05, 3.63) is 50.9 Å². The van der Waals surface area contributed by atoms with E-state index in [0.717, 1.165) is 21.9 Å². The van der Waals surface area contributed by atoms with Gasteiger partial charge >= 0.3 is 0 Å². The van der Waals surface area contributed by atoms with Crippen molar-refractivity contribution in [1.29, 1.82) is 0 Å². The molecular formula is C12H13ClN2S. The van der Waals surface area contributed by atoms with E-state index in [0.29, 0.717) is 0 Å². The third-order valence-corrected chi connectivity index (χ3v) is 4.03. The standard InChI is InChI=1S/C12H13ClN2S/c1-2-8-7-15-5-3-9(8)11(14)12-10(13)4-6-16-12/h3-7,11H,2,14H2,1H3. The Morgan fingerprint density at radius 3 is 2.94 bits per heavy atom. The molecule has 2 aromatic rings. The van der Waals surface area contributed by atoms with Crippen LogP contribution < -0.4 is 5.73 Å². The number of hydrogen-bond acceptors (Lipinski definition) is 3. The molecule has 2 aromatic heterocycles. The summed E-state index contributed by atoms with van der Waals surface area (Å²) in [6.07, 6.45) is 4.58. The number of thiophene rings is 1. The minimum atomic E-state index is -0.148. The minimum absolute atomic E-state index is 0.148. The molecule has 84 valence electrons. The number of aryl methyl sites for hydroxylation is 1. The number of nitrogens with zero attached hydrogens (tertiary/aromatic N) is 1. The second-order valence-corrected chi connectivity index (χ2v) is 4.89. The summed E-state index contributed by atoms with van der Waals surface area (Å²) in [6, 6.07) is 3.71. The Morgan fingerprint density at radius 1 is 1.50 bits per heavy atom. The fourth-order valence-electron chi connectivity index (χ4n) is 1.71. The topological polar surface area (TPSA) is 38.9 Å². The molecule has 0 spiro atoms. The van der Waals surface area contributed by atoms with Crippen LogP contribution in [0, 0.1) is 0 Å². The maximum atomic E-state index is 6.24. The fraction of sp³-hybridized carbons (Fsp3) is 0.250. The van der Waals surface area contributed by atoms with Gasteiger partial charge in [-0.3, -0.25) is 4.98 Å². The first kappa shape index (κ1) is 11.6. The van der Waals surface area contributed by atoms with Crippen molar-refractivity contribution in [3.63, 3.8) is 0 Å². The van der Waals surface area contributed by atoms with Crippen molar-refractivity contribution < 1.29 is 0 Å². The third-order valence-electron chi connectivity index (χ3n) is 2.58. The highest BCUT2D eigenvalue weighted by Crippen LogP contribution is 2.32. The van der Waals surface area contributed by atoms with Crippen LogP contribution in [-0.4, -0.2) is 4.98 Å². The highest BCUT2D eigenvalue weighted by Gasteiger charge is 2.16. The second kappa shape index (κ2) is 4.95. The van der Waals surface area contributed by atoms with Gasteiger partial charge in [0, 0.05) is 17.3 Å².